The van der Waals surface area contributed by atoms with Crippen LogP contribution in [0.2, 0.25) is 0 Å². The van der Waals surface area contributed by atoms with Gasteiger partial charge in [0, 0.05) is 39.4 Å². The van der Waals surface area contributed by atoms with Crippen molar-refractivity contribution in [3.05, 3.63) is 47.7 Å². The van der Waals surface area contributed by atoms with E-state index in [2.05, 4.69) is 57.6 Å². The molecule has 8 heteroatoms. The molecule has 0 unspecified atom stereocenters. The Morgan fingerprint density at radius 2 is 1.83 bits per heavy atom. The fraction of sp³-hybridized carbons (Fsp3) is 0.429. The Labute approximate surface area is 189 Å². The molecule has 0 radical (unpaired) electrons. The quantitative estimate of drug-likeness (QED) is 0.323. The summed E-state index contributed by atoms with van der Waals surface area (Å²) in [6.07, 6.45) is 2.79. The standard InChI is InChI=1S/C21H29N5O2.HI/c1-4-26(5-2)20-9-7-17(13-24-20)14-25-21(22-3)23-11-10-16-6-8-18-19(12-16)28-15-27-18;/h6-9,12-13H,4-5,10-11,14-15H2,1-3H3,(H2,22,23,25);1H. The number of halogens is 1. The van der Waals surface area contributed by atoms with Crippen molar-refractivity contribution in [1.29, 1.82) is 0 Å². The second-order valence-corrected chi connectivity index (χ2v) is 6.49. The number of nitrogens with zero attached hydrogens (tertiary/aromatic N) is 3. The molecule has 2 N–H and O–H groups in total. The Hall–Kier alpha value is -2.23. The lowest BCUT2D eigenvalue weighted by Gasteiger charge is -2.19. The van der Waals surface area contributed by atoms with Crippen LogP contribution in [0, 0.1) is 0 Å². The molecule has 0 saturated heterocycles. The maximum absolute atomic E-state index is 5.43. The molecule has 0 fully saturated rings. The van der Waals surface area contributed by atoms with Gasteiger partial charge < -0.3 is 25.0 Å². The number of hydrogen-bond donors (Lipinski definition) is 2. The van der Waals surface area contributed by atoms with Crippen molar-refractivity contribution in [2.75, 3.05) is 38.4 Å². The van der Waals surface area contributed by atoms with Gasteiger partial charge in [0.15, 0.2) is 17.5 Å². The van der Waals surface area contributed by atoms with E-state index in [0.717, 1.165) is 54.9 Å². The SMILES string of the molecule is CCN(CC)c1ccc(CNC(=NC)NCCc2ccc3c(c2)OCO3)cn1.I. The van der Waals surface area contributed by atoms with Crippen LogP contribution in [0.3, 0.4) is 0 Å². The van der Waals surface area contributed by atoms with Crippen molar-refractivity contribution in [3.63, 3.8) is 0 Å². The summed E-state index contributed by atoms with van der Waals surface area (Å²) < 4.78 is 10.8. The van der Waals surface area contributed by atoms with E-state index in [4.69, 9.17) is 9.47 Å². The number of benzene rings is 1. The second kappa shape index (κ2) is 11.7. The lowest BCUT2D eigenvalue weighted by Crippen LogP contribution is -2.37. The highest BCUT2D eigenvalue weighted by molar-refractivity contribution is 14.0. The summed E-state index contributed by atoms with van der Waals surface area (Å²) in [5.74, 6) is 3.42. The number of pyridine rings is 1. The summed E-state index contributed by atoms with van der Waals surface area (Å²) in [5.41, 5.74) is 2.32. The van der Waals surface area contributed by atoms with Crippen LogP contribution in [-0.2, 0) is 13.0 Å². The Morgan fingerprint density at radius 1 is 1.07 bits per heavy atom. The van der Waals surface area contributed by atoms with Crippen molar-refractivity contribution in [3.8, 4) is 11.5 Å². The summed E-state index contributed by atoms with van der Waals surface area (Å²) in [7, 11) is 1.78. The van der Waals surface area contributed by atoms with Crippen LogP contribution in [0.15, 0.2) is 41.5 Å². The van der Waals surface area contributed by atoms with Gasteiger partial charge in [0.2, 0.25) is 6.79 Å². The average Bonchev–Trinajstić information content (AvgIpc) is 3.20. The van der Waals surface area contributed by atoms with Gasteiger partial charge in [0.25, 0.3) is 0 Å². The molecule has 1 aliphatic heterocycles. The van der Waals surface area contributed by atoms with E-state index >= 15 is 0 Å². The Bertz CT molecular complexity index is 794. The summed E-state index contributed by atoms with van der Waals surface area (Å²) in [6.45, 7) is 7.95. The average molecular weight is 511 g/mol. The number of anilines is 1. The van der Waals surface area contributed by atoms with E-state index in [1.54, 1.807) is 7.05 Å². The zero-order chi connectivity index (χ0) is 19.8. The first-order valence-electron chi connectivity index (χ1n) is 9.76. The number of nitrogens with one attached hydrogen (secondary N) is 2. The third-order valence-corrected chi connectivity index (χ3v) is 4.72. The number of guanidine groups is 1. The van der Waals surface area contributed by atoms with Crippen LogP contribution in [-0.4, -0.2) is 44.4 Å². The van der Waals surface area contributed by atoms with E-state index in [9.17, 15) is 0 Å². The molecule has 2 heterocycles. The lowest BCUT2D eigenvalue weighted by atomic mass is 10.1. The van der Waals surface area contributed by atoms with Gasteiger partial charge in [0.05, 0.1) is 0 Å². The van der Waals surface area contributed by atoms with E-state index in [1.165, 1.54) is 5.56 Å². The van der Waals surface area contributed by atoms with Crippen molar-refractivity contribution in [2.45, 2.75) is 26.8 Å². The second-order valence-electron chi connectivity index (χ2n) is 6.49. The molecule has 0 aliphatic carbocycles. The molecule has 3 rings (SSSR count). The van der Waals surface area contributed by atoms with Gasteiger partial charge in [-0.05, 0) is 49.6 Å². The molecule has 0 bridgehead atoms. The third-order valence-electron chi connectivity index (χ3n) is 4.72. The van der Waals surface area contributed by atoms with Gasteiger partial charge >= 0.3 is 0 Å². The molecular weight excluding hydrogens is 481 g/mol. The summed E-state index contributed by atoms with van der Waals surface area (Å²) in [4.78, 5) is 11.1. The van der Waals surface area contributed by atoms with Gasteiger partial charge in [-0.15, -0.1) is 24.0 Å². The van der Waals surface area contributed by atoms with Crippen LogP contribution in [0.4, 0.5) is 5.82 Å². The number of fused-ring (bicyclic) bond motifs is 1. The fourth-order valence-corrected chi connectivity index (χ4v) is 3.08. The van der Waals surface area contributed by atoms with E-state index in [0.29, 0.717) is 13.3 Å². The van der Waals surface area contributed by atoms with Gasteiger partial charge in [-0.1, -0.05) is 12.1 Å². The van der Waals surface area contributed by atoms with Crippen LogP contribution in [0.1, 0.15) is 25.0 Å². The van der Waals surface area contributed by atoms with E-state index < -0.39 is 0 Å². The van der Waals surface area contributed by atoms with Crippen molar-refractivity contribution >= 4 is 35.8 Å². The zero-order valence-corrected chi connectivity index (χ0v) is 19.6. The molecular formula is C21H30IN5O2. The first kappa shape index (κ1) is 23.1. The molecule has 158 valence electrons. The fourth-order valence-electron chi connectivity index (χ4n) is 3.08. The smallest absolute Gasteiger partial charge is 0.231 e. The number of aliphatic imine (C=N–C) groups is 1. The number of aromatic nitrogens is 1. The lowest BCUT2D eigenvalue weighted by molar-refractivity contribution is 0.174. The van der Waals surface area contributed by atoms with Crippen molar-refractivity contribution < 1.29 is 9.47 Å². The molecule has 0 amide bonds. The highest BCUT2D eigenvalue weighted by Crippen LogP contribution is 2.32. The molecule has 29 heavy (non-hydrogen) atoms. The molecule has 2 aromatic rings. The summed E-state index contributed by atoms with van der Waals surface area (Å²) in [5, 5.41) is 6.67. The largest absolute Gasteiger partial charge is 0.454 e. The summed E-state index contributed by atoms with van der Waals surface area (Å²) in [6, 6.07) is 10.2. The van der Waals surface area contributed by atoms with Crippen molar-refractivity contribution in [1.82, 2.24) is 15.6 Å². The van der Waals surface area contributed by atoms with Crippen LogP contribution in [0.25, 0.3) is 0 Å². The molecule has 1 aromatic heterocycles. The Kier molecular flexibility index (Phi) is 9.30. The van der Waals surface area contributed by atoms with Crippen molar-refractivity contribution in [2.24, 2.45) is 4.99 Å². The Morgan fingerprint density at radius 3 is 2.52 bits per heavy atom. The minimum Gasteiger partial charge on any atom is -0.454 e. The molecule has 0 atom stereocenters. The van der Waals surface area contributed by atoms with E-state index in [-0.39, 0.29) is 24.0 Å². The monoisotopic (exact) mass is 511 g/mol. The number of ether oxygens (including phenoxy) is 2. The predicted octanol–water partition coefficient (Wildman–Crippen LogP) is 3.18. The van der Waals surface area contributed by atoms with E-state index in [1.807, 2.05) is 18.3 Å². The zero-order valence-electron chi connectivity index (χ0n) is 17.3. The van der Waals surface area contributed by atoms with Crippen LogP contribution in [0.5, 0.6) is 11.5 Å². The maximum Gasteiger partial charge on any atom is 0.231 e. The maximum atomic E-state index is 5.43. The Balaban J connectivity index is 0.00000300. The van der Waals surface area contributed by atoms with Gasteiger partial charge in [-0.25, -0.2) is 4.98 Å². The number of rotatable bonds is 8. The highest BCUT2D eigenvalue weighted by Gasteiger charge is 2.13. The van der Waals surface area contributed by atoms with Crippen LogP contribution >= 0.6 is 24.0 Å². The first-order valence-corrected chi connectivity index (χ1v) is 9.76. The normalized spacial score (nSPS) is 12.3. The van der Waals surface area contributed by atoms with Gasteiger partial charge in [-0.3, -0.25) is 4.99 Å². The van der Waals surface area contributed by atoms with Gasteiger partial charge in [-0.2, -0.15) is 0 Å². The minimum absolute atomic E-state index is 0. The molecule has 1 aliphatic rings. The number of hydrogen-bond acceptors (Lipinski definition) is 5. The summed E-state index contributed by atoms with van der Waals surface area (Å²) >= 11 is 0. The third kappa shape index (κ3) is 6.38. The highest BCUT2D eigenvalue weighted by atomic mass is 127. The molecule has 7 nitrogen and oxygen atoms in total. The van der Waals surface area contributed by atoms with Crippen LogP contribution < -0.4 is 25.0 Å². The molecule has 0 spiro atoms. The van der Waals surface area contributed by atoms with Gasteiger partial charge in [0.1, 0.15) is 5.82 Å². The first-order chi connectivity index (χ1) is 13.7. The minimum atomic E-state index is 0. The topological polar surface area (TPSA) is 71.0 Å². The molecule has 0 saturated carbocycles. The predicted molar refractivity (Wildman–Crippen MR) is 128 cm³/mol. The molecule has 1 aromatic carbocycles.